The summed E-state index contributed by atoms with van der Waals surface area (Å²) in [5.74, 6) is -0.811. The van der Waals surface area contributed by atoms with E-state index in [4.69, 9.17) is 4.74 Å². The first-order valence-corrected chi connectivity index (χ1v) is 17.6. The lowest BCUT2D eigenvalue weighted by Gasteiger charge is -2.37. The third kappa shape index (κ3) is 6.09. The van der Waals surface area contributed by atoms with Crippen molar-refractivity contribution >= 4 is 55.1 Å². The van der Waals surface area contributed by atoms with Crippen molar-refractivity contribution < 1.29 is 36.3 Å². The molecule has 3 aromatic rings. The summed E-state index contributed by atoms with van der Waals surface area (Å²) in [7, 11) is -8.99. The second kappa shape index (κ2) is 11.9. The molecule has 2 aliphatic carbocycles. The second-order valence-electron chi connectivity index (χ2n) is 11.8. The lowest BCUT2D eigenvalue weighted by atomic mass is 9.65. The number of aliphatic hydroxyl groups is 1. The van der Waals surface area contributed by atoms with Crippen molar-refractivity contribution in [3.8, 4) is 0 Å². The zero-order valence-corrected chi connectivity index (χ0v) is 26.4. The average molecular weight is 665 g/mol. The van der Waals surface area contributed by atoms with Crippen molar-refractivity contribution in [2.24, 2.45) is 10.3 Å². The summed E-state index contributed by atoms with van der Waals surface area (Å²) in [5, 5.41) is 14.2. The number of fused-ring (bicyclic) bond motifs is 2. The van der Waals surface area contributed by atoms with Gasteiger partial charge in [0.25, 0.3) is 10.0 Å². The van der Waals surface area contributed by atoms with Crippen molar-refractivity contribution in [2.45, 2.75) is 55.9 Å². The predicted octanol–water partition coefficient (Wildman–Crippen LogP) is 5.17. The Hall–Kier alpha value is -4.69. The number of amides is 1. The number of nitrogens with one attached hydrogen (secondary N) is 3. The number of hydrogen-bond donors (Lipinski definition) is 4. The maximum absolute atomic E-state index is 14.2. The molecule has 1 unspecified atom stereocenters. The van der Waals surface area contributed by atoms with Gasteiger partial charge < -0.3 is 15.2 Å². The number of nitrogens with zero attached hydrogens (tertiary/aromatic N) is 1. The number of rotatable bonds is 8. The van der Waals surface area contributed by atoms with E-state index < -0.39 is 37.5 Å². The Morgan fingerprint density at radius 1 is 1.07 bits per heavy atom. The van der Waals surface area contributed by atoms with Crippen LogP contribution in [0.4, 0.5) is 16.2 Å². The maximum atomic E-state index is 14.2. The van der Waals surface area contributed by atoms with E-state index >= 15 is 0 Å². The summed E-state index contributed by atoms with van der Waals surface area (Å²) in [5.41, 5.74) is 0.367. The smallest absolute Gasteiger partial charge is 0.422 e. The molecule has 3 aromatic carbocycles. The van der Waals surface area contributed by atoms with E-state index in [1.54, 1.807) is 47.2 Å². The van der Waals surface area contributed by atoms with E-state index in [9.17, 15) is 31.5 Å². The zero-order valence-electron chi connectivity index (χ0n) is 24.8. The van der Waals surface area contributed by atoms with Crippen LogP contribution in [0.25, 0.3) is 5.76 Å². The topological polar surface area (TPSA) is 180 Å². The standard InChI is InChI=1S/C32H32N4O8S2/c1-32(18-20-9-5-6-10-20)24-14-8-7-13-23(24)28(37)27(29(32)38)30-33-25-16-15-22(17-26(25)45(40,41)35-30)34-46(42,43)36-31(39)44-19-21-11-3-2-4-12-21/h2-4,7-8,11-17,20,34,37H,5-6,9-10,18-19H2,1H3,(H,33,35)(H,36,39). The Bertz CT molecular complexity index is 2000. The van der Waals surface area contributed by atoms with E-state index in [-0.39, 0.29) is 40.0 Å². The molecule has 0 radical (unpaired) electrons. The largest absolute Gasteiger partial charge is 0.506 e. The number of sulfonamides is 1. The molecule has 46 heavy (non-hydrogen) atoms. The van der Waals surface area contributed by atoms with E-state index in [2.05, 4.69) is 14.4 Å². The van der Waals surface area contributed by atoms with Crippen LogP contribution in [0.1, 0.15) is 55.7 Å². The Morgan fingerprint density at radius 3 is 2.50 bits per heavy atom. The molecule has 1 fully saturated rings. The molecular weight excluding hydrogens is 633 g/mol. The van der Waals surface area contributed by atoms with Gasteiger partial charge in [0.1, 0.15) is 22.8 Å². The quantitative estimate of drug-likeness (QED) is 0.253. The Morgan fingerprint density at radius 2 is 1.76 bits per heavy atom. The van der Waals surface area contributed by atoms with Crippen molar-refractivity contribution in [3.05, 3.63) is 95.1 Å². The molecule has 0 spiro atoms. The predicted molar refractivity (Wildman–Crippen MR) is 172 cm³/mol. The fourth-order valence-corrected chi connectivity index (χ4v) is 8.31. The van der Waals surface area contributed by atoms with Crippen molar-refractivity contribution in [1.82, 2.24) is 4.72 Å². The number of carbonyl (C=O) groups is 2. The third-order valence-corrected chi connectivity index (χ3v) is 10.8. The molecule has 12 nitrogen and oxygen atoms in total. The van der Waals surface area contributed by atoms with Crippen molar-refractivity contribution in [2.75, 3.05) is 10.0 Å². The lowest BCUT2D eigenvalue weighted by Crippen LogP contribution is -2.43. The summed E-state index contributed by atoms with van der Waals surface area (Å²) < 4.78 is 64.6. The highest BCUT2D eigenvalue weighted by atomic mass is 32.2. The molecule has 0 bridgehead atoms. The van der Waals surface area contributed by atoms with Gasteiger partial charge in [0, 0.05) is 5.56 Å². The molecule has 4 N–H and O–H groups in total. The first-order chi connectivity index (χ1) is 21.9. The average Bonchev–Trinajstić information content (AvgIpc) is 3.52. The van der Waals surface area contributed by atoms with Crippen LogP contribution in [0.15, 0.2) is 87.7 Å². The lowest BCUT2D eigenvalue weighted by molar-refractivity contribution is -0.120. The molecule has 14 heteroatoms. The van der Waals surface area contributed by atoms with Gasteiger partial charge in [-0.3, -0.25) is 9.52 Å². The Balaban J connectivity index is 1.25. The minimum Gasteiger partial charge on any atom is -0.506 e. The molecule has 6 rings (SSSR count). The molecule has 1 amide bonds. The molecular formula is C32H32N4O8S2. The number of hydrogen-bond acceptors (Lipinski definition) is 9. The highest BCUT2D eigenvalue weighted by molar-refractivity contribution is 7.91. The van der Waals surface area contributed by atoms with Gasteiger partial charge in [-0.15, -0.1) is 4.40 Å². The van der Waals surface area contributed by atoms with Gasteiger partial charge in [0.05, 0.1) is 16.8 Å². The van der Waals surface area contributed by atoms with Crippen LogP contribution in [0.2, 0.25) is 0 Å². The van der Waals surface area contributed by atoms with Gasteiger partial charge >= 0.3 is 16.3 Å². The van der Waals surface area contributed by atoms with Crippen LogP contribution < -0.4 is 14.8 Å². The molecule has 3 aliphatic rings. The van der Waals surface area contributed by atoms with Crippen molar-refractivity contribution in [3.63, 3.8) is 0 Å². The fraction of sp³-hybridized carbons (Fsp3) is 0.281. The van der Waals surface area contributed by atoms with Crippen LogP contribution in [0, 0.1) is 5.92 Å². The van der Waals surface area contributed by atoms with E-state index in [1.165, 1.54) is 12.1 Å². The van der Waals surface area contributed by atoms with Gasteiger partial charge in [-0.2, -0.15) is 16.8 Å². The number of ketones is 1. The normalized spacial score (nSPS) is 20.6. The molecule has 1 atom stereocenters. The van der Waals surface area contributed by atoms with Crippen LogP contribution in [0.5, 0.6) is 0 Å². The van der Waals surface area contributed by atoms with Crippen LogP contribution in [-0.4, -0.2) is 39.7 Å². The first-order valence-electron chi connectivity index (χ1n) is 14.7. The van der Waals surface area contributed by atoms with Crippen LogP contribution in [0.3, 0.4) is 0 Å². The zero-order chi connectivity index (χ0) is 32.7. The van der Waals surface area contributed by atoms with Gasteiger partial charge in [-0.1, -0.05) is 80.3 Å². The number of benzene rings is 3. The number of amidine groups is 1. The summed E-state index contributed by atoms with van der Waals surface area (Å²) >= 11 is 0. The van der Waals surface area contributed by atoms with E-state index in [0.717, 1.165) is 31.7 Å². The first kappa shape index (κ1) is 31.3. The minimum atomic E-state index is -4.51. The monoisotopic (exact) mass is 664 g/mol. The maximum Gasteiger partial charge on any atom is 0.422 e. The summed E-state index contributed by atoms with van der Waals surface area (Å²) in [4.78, 5) is 25.9. The van der Waals surface area contributed by atoms with E-state index in [1.807, 2.05) is 19.1 Å². The third-order valence-electron chi connectivity index (χ3n) is 8.56. The molecule has 1 heterocycles. The molecule has 1 aliphatic heterocycles. The molecule has 0 aromatic heterocycles. The number of Topliss-reactive ketones (excluding diaryl/α,β-unsaturated/α-hetero) is 1. The van der Waals surface area contributed by atoms with Crippen LogP contribution >= 0.6 is 0 Å². The second-order valence-corrected chi connectivity index (χ2v) is 14.8. The number of carbonyl (C=O) groups excluding carboxylic acids is 2. The summed E-state index contributed by atoms with van der Waals surface area (Å²) in [6.45, 7) is 1.67. The number of aliphatic hydroxyl groups excluding tert-OH is 1. The van der Waals surface area contributed by atoms with Gasteiger partial charge in [-0.05, 0) is 48.6 Å². The molecule has 1 saturated carbocycles. The van der Waals surface area contributed by atoms with E-state index in [0.29, 0.717) is 29.0 Å². The summed E-state index contributed by atoms with van der Waals surface area (Å²) in [6.07, 6.45) is 3.47. The van der Waals surface area contributed by atoms with Gasteiger partial charge in [-0.25, -0.2) is 9.52 Å². The Labute approximate surface area is 266 Å². The van der Waals surface area contributed by atoms with Crippen molar-refractivity contribution in [1.29, 1.82) is 0 Å². The minimum absolute atomic E-state index is 0.0210. The molecule has 240 valence electrons. The number of ether oxygens (including phenoxy) is 1. The van der Waals surface area contributed by atoms with Gasteiger partial charge in [0.2, 0.25) is 0 Å². The molecule has 0 saturated heterocycles. The highest BCUT2D eigenvalue weighted by Crippen LogP contribution is 2.46. The van der Waals surface area contributed by atoms with Gasteiger partial charge in [0.15, 0.2) is 11.6 Å². The van der Waals surface area contributed by atoms with Crippen LogP contribution in [-0.2, 0) is 41.8 Å². The fourth-order valence-electron chi connectivity index (χ4n) is 6.40. The summed E-state index contributed by atoms with van der Waals surface area (Å²) in [6, 6.07) is 19.3. The highest BCUT2D eigenvalue weighted by Gasteiger charge is 2.47. The SMILES string of the molecule is CC1(CC2CCCC2)C(=O)C(C2=NS(=O)(=O)c3cc(NS(=O)(=O)NC(=O)OCc4ccccc4)ccc3N2)=C(O)c2ccccc21. The number of anilines is 2. The Kier molecular flexibility index (Phi) is 8.11.